The summed E-state index contributed by atoms with van der Waals surface area (Å²) in [5, 5.41) is 2.49. The van der Waals surface area contributed by atoms with E-state index in [9.17, 15) is 0 Å². The van der Waals surface area contributed by atoms with E-state index in [4.69, 9.17) is 0 Å². The van der Waals surface area contributed by atoms with Gasteiger partial charge in [-0.3, -0.25) is 4.72 Å². The van der Waals surface area contributed by atoms with Crippen molar-refractivity contribution >= 4 is 22.9 Å². The average molecular weight is 282 g/mol. The summed E-state index contributed by atoms with van der Waals surface area (Å²) in [4.78, 5) is 3.46. The maximum absolute atomic E-state index is 3.46. The molecule has 2 nitrogen and oxygen atoms in total. The lowest BCUT2D eigenvalue weighted by atomic mass is 10.2. The van der Waals surface area contributed by atoms with Gasteiger partial charge in [-0.25, -0.2) is 0 Å². The van der Waals surface area contributed by atoms with Crippen LogP contribution in [0.2, 0.25) is 0 Å². The molecule has 0 radical (unpaired) electrons. The number of aromatic nitrogens is 1. The van der Waals surface area contributed by atoms with Crippen molar-refractivity contribution in [3.05, 3.63) is 65.2 Å². The molecule has 0 aliphatic heterocycles. The number of H-pyrrole nitrogens is 1. The maximum atomic E-state index is 3.46. The van der Waals surface area contributed by atoms with Crippen molar-refractivity contribution < 1.29 is 0 Å². The summed E-state index contributed by atoms with van der Waals surface area (Å²) >= 11 is 1.67. The largest absolute Gasteiger partial charge is 0.348 e. The van der Waals surface area contributed by atoms with Crippen LogP contribution < -0.4 is 4.72 Å². The van der Waals surface area contributed by atoms with E-state index in [1.807, 2.05) is 0 Å². The van der Waals surface area contributed by atoms with Crippen LogP contribution in [0.15, 0.2) is 53.6 Å². The number of para-hydroxylation sites is 1. The molecule has 0 aliphatic carbocycles. The van der Waals surface area contributed by atoms with Crippen molar-refractivity contribution in [2.24, 2.45) is 0 Å². The molecule has 0 aliphatic rings. The minimum Gasteiger partial charge on any atom is -0.348 e. The number of aromatic amines is 1. The fourth-order valence-electron chi connectivity index (χ4n) is 2.26. The normalized spacial score (nSPS) is 11.1. The highest BCUT2D eigenvalue weighted by molar-refractivity contribution is 7.97. The van der Waals surface area contributed by atoms with Gasteiger partial charge in [0.25, 0.3) is 0 Å². The van der Waals surface area contributed by atoms with Crippen molar-refractivity contribution in [2.75, 3.05) is 0 Å². The number of fused-ring (bicyclic) bond motifs is 1. The molecule has 0 bridgehead atoms. The molecule has 0 atom stereocenters. The Morgan fingerprint density at radius 2 is 1.75 bits per heavy atom. The molecule has 3 aromatic rings. The Labute approximate surface area is 123 Å². The van der Waals surface area contributed by atoms with Crippen LogP contribution in [0.25, 0.3) is 10.9 Å². The summed E-state index contributed by atoms with van der Waals surface area (Å²) in [6.45, 7) is 5.13. The number of aryl methyl sites for hydroxylation is 2. The molecule has 0 fully saturated rings. The highest BCUT2D eigenvalue weighted by Crippen LogP contribution is 2.27. The molecule has 1 heterocycles. The summed E-state index contributed by atoms with van der Waals surface area (Å²) in [6.07, 6.45) is 0. The first-order valence-electron chi connectivity index (χ1n) is 6.76. The van der Waals surface area contributed by atoms with Crippen LogP contribution >= 0.6 is 11.9 Å². The van der Waals surface area contributed by atoms with Gasteiger partial charge in [-0.1, -0.05) is 48.0 Å². The van der Waals surface area contributed by atoms with E-state index >= 15 is 0 Å². The molecule has 0 unspecified atom stereocenters. The SMILES string of the molecule is Cc1ccc(CNSc2[nH]c3ccccc3c2C)cc1. The minimum absolute atomic E-state index is 0.861. The zero-order valence-electron chi connectivity index (χ0n) is 11.7. The molecule has 0 saturated heterocycles. The molecule has 2 aromatic carbocycles. The van der Waals surface area contributed by atoms with Crippen LogP contribution in [0.4, 0.5) is 0 Å². The lowest BCUT2D eigenvalue weighted by Crippen LogP contribution is -2.03. The van der Waals surface area contributed by atoms with Crippen LogP contribution in [0.5, 0.6) is 0 Å². The third kappa shape index (κ3) is 2.74. The molecule has 0 spiro atoms. The average Bonchev–Trinajstić information content (AvgIpc) is 2.78. The number of rotatable bonds is 4. The summed E-state index contributed by atoms with van der Waals surface area (Å²) in [5.41, 5.74) is 5.11. The Bertz CT molecular complexity index is 713. The molecule has 102 valence electrons. The topological polar surface area (TPSA) is 27.8 Å². The zero-order valence-corrected chi connectivity index (χ0v) is 12.6. The van der Waals surface area contributed by atoms with Crippen molar-refractivity contribution in [3.63, 3.8) is 0 Å². The van der Waals surface area contributed by atoms with Crippen LogP contribution in [-0.4, -0.2) is 4.98 Å². The summed E-state index contributed by atoms with van der Waals surface area (Å²) in [7, 11) is 0. The monoisotopic (exact) mass is 282 g/mol. The fourth-order valence-corrected chi connectivity index (χ4v) is 3.06. The predicted molar refractivity (Wildman–Crippen MR) is 86.9 cm³/mol. The number of benzene rings is 2. The van der Waals surface area contributed by atoms with Gasteiger partial charge in [0.2, 0.25) is 0 Å². The number of hydrogen-bond donors (Lipinski definition) is 2. The lowest BCUT2D eigenvalue weighted by molar-refractivity contribution is 0.967. The molecule has 0 amide bonds. The van der Waals surface area contributed by atoms with Gasteiger partial charge in [-0.15, -0.1) is 0 Å². The summed E-state index contributed by atoms with van der Waals surface area (Å²) in [6, 6.07) is 17.1. The Morgan fingerprint density at radius 3 is 2.50 bits per heavy atom. The fraction of sp³-hybridized carbons (Fsp3) is 0.176. The minimum atomic E-state index is 0.861. The summed E-state index contributed by atoms with van der Waals surface area (Å²) in [5.74, 6) is 0. The maximum Gasteiger partial charge on any atom is 0.0915 e. The van der Waals surface area contributed by atoms with Gasteiger partial charge in [-0.2, -0.15) is 0 Å². The smallest absolute Gasteiger partial charge is 0.0915 e. The van der Waals surface area contributed by atoms with Gasteiger partial charge >= 0.3 is 0 Å². The second-order valence-corrected chi connectivity index (χ2v) is 5.93. The van der Waals surface area contributed by atoms with Gasteiger partial charge < -0.3 is 4.98 Å². The van der Waals surface area contributed by atoms with Gasteiger partial charge in [0.05, 0.1) is 5.03 Å². The van der Waals surface area contributed by atoms with E-state index in [1.165, 1.54) is 32.6 Å². The first-order chi connectivity index (χ1) is 9.74. The van der Waals surface area contributed by atoms with Gasteiger partial charge in [0.15, 0.2) is 0 Å². The van der Waals surface area contributed by atoms with E-state index < -0.39 is 0 Å². The van der Waals surface area contributed by atoms with Gasteiger partial charge in [-0.05, 0) is 43.0 Å². The molecular formula is C17H18N2S. The predicted octanol–water partition coefficient (Wildman–Crippen LogP) is 4.58. The molecule has 20 heavy (non-hydrogen) atoms. The Morgan fingerprint density at radius 1 is 1.00 bits per heavy atom. The molecule has 1 aromatic heterocycles. The van der Waals surface area contributed by atoms with Crippen LogP contribution in [0.1, 0.15) is 16.7 Å². The summed E-state index contributed by atoms with van der Waals surface area (Å²) < 4.78 is 3.42. The van der Waals surface area contributed by atoms with Crippen molar-refractivity contribution in [1.29, 1.82) is 0 Å². The first kappa shape index (κ1) is 13.3. The Kier molecular flexibility index (Phi) is 3.81. The number of hydrogen-bond acceptors (Lipinski definition) is 2. The Hall–Kier alpha value is -1.71. The third-order valence-corrected chi connectivity index (χ3v) is 4.39. The lowest BCUT2D eigenvalue weighted by Gasteiger charge is -2.04. The highest BCUT2D eigenvalue weighted by Gasteiger charge is 2.07. The standard InChI is InChI=1S/C17H18N2S/c1-12-7-9-14(10-8-12)11-18-20-17-13(2)15-5-3-4-6-16(15)19-17/h3-10,18-19H,11H2,1-2H3. The number of nitrogens with one attached hydrogen (secondary N) is 2. The van der Waals surface area contributed by atoms with E-state index in [2.05, 4.69) is 72.1 Å². The van der Waals surface area contributed by atoms with Gasteiger partial charge in [0, 0.05) is 17.4 Å². The molecule has 2 N–H and O–H groups in total. The van der Waals surface area contributed by atoms with Crippen LogP contribution in [0, 0.1) is 13.8 Å². The molecular weight excluding hydrogens is 264 g/mol. The zero-order chi connectivity index (χ0) is 13.9. The molecule has 3 rings (SSSR count). The van der Waals surface area contributed by atoms with Crippen LogP contribution in [0.3, 0.4) is 0 Å². The third-order valence-electron chi connectivity index (χ3n) is 3.49. The van der Waals surface area contributed by atoms with Crippen molar-refractivity contribution in [2.45, 2.75) is 25.4 Å². The quantitative estimate of drug-likeness (QED) is 0.685. The van der Waals surface area contributed by atoms with E-state index in [1.54, 1.807) is 11.9 Å². The second-order valence-electron chi connectivity index (χ2n) is 5.03. The molecule has 0 saturated carbocycles. The first-order valence-corrected chi connectivity index (χ1v) is 7.58. The van der Waals surface area contributed by atoms with E-state index in [0.717, 1.165) is 6.54 Å². The van der Waals surface area contributed by atoms with E-state index in [0.29, 0.717) is 0 Å². The highest BCUT2D eigenvalue weighted by atomic mass is 32.2. The van der Waals surface area contributed by atoms with Crippen molar-refractivity contribution in [1.82, 2.24) is 9.71 Å². The van der Waals surface area contributed by atoms with Crippen LogP contribution in [-0.2, 0) is 6.54 Å². The van der Waals surface area contributed by atoms with E-state index in [-0.39, 0.29) is 0 Å². The molecule has 3 heteroatoms. The van der Waals surface area contributed by atoms with Crippen molar-refractivity contribution in [3.8, 4) is 0 Å². The Balaban J connectivity index is 1.68. The van der Waals surface area contributed by atoms with Gasteiger partial charge in [0.1, 0.15) is 0 Å². The second kappa shape index (κ2) is 5.73.